The summed E-state index contributed by atoms with van der Waals surface area (Å²) < 4.78 is 64.7. The van der Waals surface area contributed by atoms with Crippen molar-refractivity contribution in [2.45, 2.75) is 24.7 Å². The summed E-state index contributed by atoms with van der Waals surface area (Å²) in [5.74, 6) is -0.412. The number of halogens is 1. The largest absolute Gasteiger partial charge is 0.243 e. The molecule has 23 heavy (non-hydrogen) atoms. The van der Waals surface area contributed by atoms with E-state index in [0.717, 1.165) is 18.6 Å². The second-order valence-corrected chi connectivity index (χ2v) is 9.45. The van der Waals surface area contributed by atoms with E-state index in [0.29, 0.717) is 6.42 Å². The molecule has 0 amide bonds. The third-order valence-corrected chi connectivity index (χ3v) is 7.67. The lowest BCUT2D eigenvalue weighted by atomic mass is 10.4. The predicted molar refractivity (Wildman–Crippen MR) is 85.4 cm³/mol. The summed E-state index contributed by atoms with van der Waals surface area (Å²) in [5, 5.41) is 0. The Morgan fingerprint density at radius 1 is 0.957 bits per heavy atom. The average Bonchev–Trinajstić information content (AvgIpc) is 2.53. The van der Waals surface area contributed by atoms with Gasteiger partial charge in [-0.1, -0.05) is 13.3 Å². The highest BCUT2D eigenvalue weighted by Gasteiger charge is 2.32. The molecular formula is C14H21FN2O4S2. The molecule has 0 aromatic heterocycles. The van der Waals surface area contributed by atoms with Gasteiger partial charge in [0.25, 0.3) is 0 Å². The summed E-state index contributed by atoms with van der Waals surface area (Å²) >= 11 is 0. The third-order valence-electron chi connectivity index (χ3n) is 3.80. The van der Waals surface area contributed by atoms with Crippen LogP contribution in [-0.2, 0) is 20.0 Å². The summed E-state index contributed by atoms with van der Waals surface area (Å²) in [6.07, 6.45) is 1.38. The van der Waals surface area contributed by atoms with E-state index in [9.17, 15) is 21.2 Å². The highest BCUT2D eigenvalue weighted by Crippen LogP contribution is 2.19. The van der Waals surface area contributed by atoms with Gasteiger partial charge in [0.1, 0.15) is 5.82 Å². The summed E-state index contributed by atoms with van der Waals surface area (Å²) in [7, 11) is -7.04. The number of piperazine rings is 1. The Morgan fingerprint density at radius 2 is 1.48 bits per heavy atom. The molecule has 0 bridgehead atoms. The summed E-state index contributed by atoms with van der Waals surface area (Å²) in [6, 6.07) is 4.63. The molecule has 0 atom stereocenters. The van der Waals surface area contributed by atoms with Crippen LogP contribution < -0.4 is 0 Å². The van der Waals surface area contributed by atoms with Gasteiger partial charge < -0.3 is 0 Å². The Labute approximate surface area is 137 Å². The molecule has 1 saturated heterocycles. The van der Waals surface area contributed by atoms with Gasteiger partial charge in [0.05, 0.1) is 10.6 Å². The molecule has 1 aliphatic rings. The molecule has 0 saturated carbocycles. The maximum atomic E-state index is 12.9. The molecule has 130 valence electrons. The second kappa shape index (κ2) is 7.25. The van der Waals surface area contributed by atoms with Crippen molar-refractivity contribution in [1.82, 2.24) is 8.61 Å². The fourth-order valence-electron chi connectivity index (χ4n) is 2.40. The predicted octanol–water partition coefficient (Wildman–Crippen LogP) is 1.26. The molecule has 1 aromatic carbocycles. The molecule has 1 aromatic rings. The van der Waals surface area contributed by atoms with Crippen molar-refractivity contribution in [3.63, 3.8) is 0 Å². The molecule has 0 radical (unpaired) electrons. The second-order valence-electron chi connectivity index (χ2n) is 5.43. The highest BCUT2D eigenvalue weighted by molar-refractivity contribution is 7.89. The lowest BCUT2D eigenvalue weighted by molar-refractivity contribution is 0.272. The number of hydrogen-bond acceptors (Lipinski definition) is 4. The summed E-state index contributed by atoms with van der Waals surface area (Å²) in [6.45, 7) is 2.41. The van der Waals surface area contributed by atoms with Gasteiger partial charge in [0.15, 0.2) is 0 Å². The fraction of sp³-hybridized carbons (Fsp3) is 0.571. The van der Waals surface area contributed by atoms with Crippen LogP contribution in [0.3, 0.4) is 0 Å². The van der Waals surface area contributed by atoms with E-state index in [1.807, 2.05) is 6.92 Å². The van der Waals surface area contributed by atoms with Crippen LogP contribution in [0.2, 0.25) is 0 Å². The molecule has 0 spiro atoms. The Balaban J connectivity index is 2.05. The van der Waals surface area contributed by atoms with E-state index in [4.69, 9.17) is 0 Å². The minimum absolute atomic E-state index is 0.0150. The monoisotopic (exact) mass is 364 g/mol. The van der Waals surface area contributed by atoms with Gasteiger partial charge in [-0.3, -0.25) is 0 Å². The SMILES string of the molecule is CCCCS(=O)(=O)N1CCN(S(=O)(=O)c2ccc(F)cc2)CC1. The van der Waals surface area contributed by atoms with Crippen molar-refractivity contribution < 1.29 is 21.2 Å². The van der Waals surface area contributed by atoms with Crippen molar-refractivity contribution in [2.24, 2.45) is 0 Å². The van der Waals surface area contributed by atoms with Crippen LogP contribution in [0.5, 0.6) is 0 Å². The van der Waals surface area contributed by atoms with Gasteiger partial charge in [-0.05, 0) is 30.7 Å². The van der Waals surface area contributed by atoms with Crippen molar-refractivity contribution >= 4 is 20.0 Å². The van der Waals surface area contributed by atoms with E-state index in [2.05, 4.69) is 0 Å². The van der Waals surface area contributed by atoms with Crippen LogP contribution in [0.4, 0.5) is 4.39 Å². The standard InChI is InChI=1S/C14H21FN2O4S2/c1-2-3-12-22(18,19)16-8-10-17(11-9-16)23(20,21)14-6-4-13(15)5-7-14/h4-7H,2-3,8-12H2,1H3. The van der Waals surface area contributed by atoms with E-state index < -0.39 is 25.9 Å². The quantitative estimate of drug-likeness (QED) is 0.762. The minimum Gasteiger partial charge on any atom is -0.212 e. The molecule has 1 aliphatic heterocycles. The molecule has 9 heteroatoms. The first-order chi connectivity index (χ1) is 10.8. The van der Waals surface area contributed by atoms with Crippen LogP contribution in [0.1, 0.15) is 19.8 Å². The Hall–Kier alpha value is -1.03. The van der Waals surface area contributed by atoms with E-state index in [1.54, 1.807) is 0 Å². The number of sulfonamides is 2. The summed E-state index contributed by atoms with van der Waals surface area (Å²) in [5.41, 5.74) is 0. The fourth-order valence-corrected chi connectivity index (χ4v) is 5.45. The van der Waals surface area contributed by atoms with Gasteiger partial charge in [-0.2, -0.15) is 8.61 Å². The average molecular weight is 364 g/mol. The van der Waals surface area contributed by atoms with Crippen molar-refractivity contribution in [3.8, 4) is 0 Å². The van der Waals surface area contributed by atoms with Crippen molar-refractivity contribution in [2.75, 3.05) is 31.9 Å². The maximum absolute atomic E-state index is 12.9. The maximum Gasteiger partial charge on any atom is 0.243 e. The Bertz CT molecular complexity index is 725. The smallest absolute Gasteiger partial charge is 0.212 e. The molecule has 0 N–H and O–H groups in total. The van der Waals surface area contributed by atoms with Crippen LogP contribution in [0, 0.1) is 5.82 Å². The zero-order valence-corrected chi connectivity index (χ0v) is 14.6. The van der Waals surface area contributed by atoms with Gasteiger partial charge >= 0.3 is 0 Å². The molecule has 6 nitrogen and oxygen atoms in total. The molecule has 1 heterocycles. The van der Waals surface area contributed by atoms with E-state index in [-0.39, 0.29) is 36.8 Å². The third kappa shape index (κ3) is 4.28. The summed E-state index contributed by atoms with van der Waals surface area (Å²) in [4.78, 5) is 0.0150. The normalized spacial score (nSPS) is 18.2. The van der Waals surface area contributed by atoms with Gasteiger partial charge in [-0.25, -0.2) is 21.2 Å². The topological polar surface area (TPSA) is 74.8 Å². The van der Waals surface area contributed by atoms with Crippen LogP contribution in [0.15, 0.2) is 29.2 Å². The minimum atomic E-state index is -3.72. The first-order valence-electron chi connectivity index (χ1n) is 7.51. The number of rotatable bonds is 6. The highest BCUT2D eigenvalue weighted by atomic mass is 32.2. The molecule has 2 rings (SSSR count). The number of benzene rings is 1. The lowest BCUT2D eigenvalue weighted by Crippen LogP contribution is -2.50. The number of nitrogens with zero attached hydrogens (tertiary/aromatic N) is 2. The molecule has 0 aliphatic carbocycles. The van der Waals surface area contributed by atoms with Crippen LogP contribution >= 0.6 is 0 Å². The molecular weight excluding hydrogens is 343 g/mol. The lowest BCUT2D eigenvalue weighted by Gasteiger charge is -2.33. The van der Waals surface area contributed by atoms with E-state index in [1.165, 1.54) is 20.7 Å². The van der Waals surface area contributed by atoms with Gasteiger partial charge in [-0.15, -0.1) is 0 Å². The van der Waals surface area contributed by atoms with Gasteiger partial charge in [0, 0.05) is 26.2 Å². The molecule has 0 unspecified atom stereocenters. The molecule has 1 fully saturated rings. The van der Waals surface area contributed by atoms with Crippen LogP contribution in [-0.4, -0.2) is 57.4 Å². The zero-order chi connectivity index (χ0) is 17.1. The first-order valence-corrected chi connectivity index (χ1v) is 10.6. The van der Waals surface area contributed by atoms with Crippen molar-refractivity contribution in [1.29, 1.82) is 0 Å². The van der Waals surface area contributed by atoms with E-state index >= 15 is 0 Å². The van der Waals surface area contributed by atoms with Gasteiger partial charge in [0.2, 0.25) is 20.0 Å². The number of hydrogen-bond donors (Lipinski definition) is 0. The van der Waals surface area contributed by atoms with Crippen LogP contribution in [0.25, 0.3) is 0 Å². The zero-order valence-electron chi connectivity index (χ0n) is 13.0. The number of unbranched alkanes of at least 4 members (excludes halogenated alkanes) is 1. The Morgan fingerprint density at radius 3 is 2.00 bits per heavy atom. The Kier molecular flexibility index (Phi) is 5.77. The van der Waals surface area contributed by atoms with Crippen molar-refractivity contribution in [3.05, 3.63) is 30.1 Å². The first kappa shape index (κ1) is 18.3.